The van der Waals surface area contributed by atoms with Gasteiger partial charge in [-0.15, -0.1) is 11.3 Å². The highest BCUT2D eigenvalue weighted by atomic mass is 32.1. The first-order chi connectivity index (χ1) is 10.6. The highest BCUT2D eigenvalue weighted by molar-refractivity contribution is 7.20. The molecule has 0 aliphatic rings. The molecule has 6 nitrogen and oxygen atoms in total. The Bertz CT molecular complexity index is 804. The summed E-state index contributed by atoms with van der Waals surface area (Å²) in [6.45, 7) is 3.59. The fraction of sp³-hybridized carbons (Fsp3) is 0.200. The fourth-order valence-corrected chi connectivity index (χ4v) is 2.95. The summed E-state index contributed by atoms with van der Waals surface area (Å²) in [5.74, 6) is -0.263. The summed E-state index contributed by atoms with van der Waals surface area (Å²) < 4.78 is 5.99. The van der Waals surface area contributed by atoms with Crippen molar-refractivity contribution in [2.45, 2.75) is 13.8 Å². The smallest absolute Gasteiger partial charge is 0.316 e. The Hall–Kier alpha value is -2.54. The van der Waals surface area contributed by atoms with Crippen LogP contribution >= 0.6 is 11.3 Å². The number of carbonyl (C=O) groups excluding carboxylic acids is 1. The summed E-state index contributed by atoms with van der Waals surface area (Å²) in [5, 5.41) is 3.25. The summed E-state index contributed by atoms with van der Waals surface area (Å²) in [6.07, 6.45) is 0. The number of aryl methyl sites for hydroxylation is 2. The maximum atomic E-state index is 12.4. The molecule has 7 heteroatoms. The van der Waals surface area contributed by atoms with E-state index in [0.29, 0.717) is 22.1 Å². The van der Waals surface area contributed by atoms with E-state index in [1.54, 1.807) is 13.8 Å². The zero-order chi connectivity index (χ0) is 15.7. The van der Waals surface area contributed by atoms with E-state index in [0.717, 1.165) is 10.2 Å². The molecule has 0 aliphatic heterocycles. The van der Waals surface area contributed by atoms with E-state index in [-0.39, 0.29) is 11.9 Å². The summed E-state index contributed by atoms with van der Waals surface area (Å²) in [5.41, 5.74) is 2.71. The first-order valence-corrected chi connectivity index (χ1v) is 7.46. The molecule has 0 saturated heterocycles. The number of fused-ring (bicyclic) bond motifs is 1. The molecule has 1 amide bonds. The van der Waals surface area contributed by atoms with Gasteiger partial charge in [0.25, 0.3) is 5.91 Å². The van der Waals surface area contributed by atoms with Crippen LogP contribution in [0.1, 0.15) is 21.2 Å². The number of hydrogen-bond donors (Lipinski definition) is 1. The third kappa shape index (κ3) is 2.62. The number of nitrogens with one attached hydrogen (secondary N) is 1. The van der Waals surface area contributed by atoms with Gasteiger partial charge in [-0.25, -0.2) is 4.98 Å². The summed E-state index contributed by atoms with van der Waals surface area (Å²) >= 11 is 1.36. The number of amides is 1. The van der Waals surface area contributed by atoms with E-state index in [9.17, 15) is 4.79 Å². The van der Waals surface area contributed by atoms with E-state index in [1.165, 1.54) is 18.4 Å². The average Bonchev–Trinajstić information content (AvgIpc) is 2.94. The van der Waals surface area contributed by atoms with Gasteiger partial charge in [-0.05, 0) is 26.0 Å². The maximum Gasteiger partial charge on any atom is 0.316 e. The quantitative estimate of drug-likeness (QED) is 0.804. The first-order valence-electron chi connectivity index (χ1n) is 6.64. The monoisotopic (exact) mass is 314 g/mol. The summed E-state index contributed by atoms with van der Waals surface area (Å²) in [4.78, 5) is 25.1. The number of benzene rings is 1. The Balaban J connectivity index is 1.91. The molecule has 1 aromatic carbocycles. The van der Waals surface area contributed by atoms with Crippen molar-refractivity contribution in [3.8, 4) is 6.01 Å². The minimum Gasteiger partial charge on any atom is -0.467 e. The Labute approximate surface area is 131 Å². The molecule has 0 fully saturated rings. The molecule has 0 aliphatic carbocycles. The lowest BCUT2D eigenvalue weighted by molar-refractivity contribution is 0.102. The number of hydrogen-bond acceptors (Lipinski definition) is 6. The number of methoxy groups -OCH3 is 1. The normalized spacial score (nSPS) is 10.7. The highest BCUT2D eigenvalue weighted by Gasteiger charge is 2.16. The molecule has 2 aromatic heterocycles. The van der Waals surface area contributed by atoms with Gasteiger partial charge >= 0.3 is 6.01 Å². The van der Waals surface area contributed by atoms with Gasteiger partial charge in [-0.2, -0.15) is 9.97 Å². The zero-order valence-electron chi connectivity index (χ0n) is 12.4. The molecule has 0 spiro atoms. The topological polar surface area (TPSA) is 77.0 Å². The van der Waals surface area contributed by atoms with Crippen molar-refractivity contribution in [1.82, 2.24) is 15.0 Å². The molecule has 0 saturated carbocycles. The number of thiazole rings is 1. The molecular weight excluding hydrogens is 300 g/mol. The molecule has 1 N–H and O–H groups in total. The van der Waals surface area contributed by atoms with Gasteiger partial charge in [0.05, 0.1) is 34.4 Å². The molecule has 3 aromatic rings. The van der Waals surface area contributed by atoms with Crippen molar-refractivity contribution in [2.24, 2.45) is 0 Å². The van der Waals surface area contributed by atoms with Crippen LogP contribution in [-0.4, -0.2) is 28.0 Å². The predicted molar refractivity (Wildman–Crippen MR) is 85.6 cm³/mol. The van der Waals surface area contributed by atoms with E-state index in [2.05, 4.69) is 20.3 Å². The lowest BCUT2D eigenvalue weighted by Crippen LogP contribution is -2.15. The van der Waals surface area contributed by atoms with Crippen LogP contribution in [0.3, 0.4) is 0 Å². The number of anilines is 1. The van der Waals surface area contributed by atoms with Gasteiger partial charge in [0.2, 0.25) is 0 Å². The molecule has 0 atom stereocenters. The van der Waals surface area contributed by atoms with Gasteiger partial charge in [0.1, 0.15) is 0 Å². The largest absolute Gasteiger partial charge is 0.467 e. The van der Waals surface area contributed by atoms with E-state index in [1.807, 2.05) is 24.3 Å². The van der Waals surface area contributed by atoms with Crippen LogP contribution < -0.4 is 10.1 Å². The molecule has 0 unspecified atom stereocenters. The van der Waals surface area contributed by atoms with Gasteiger partial charge in [0.15, 0.2) is 5.01 Å². The molecule has 112 valence electrons. The molecule has 0 bridgehead atoms. The van der Waals surface area contributed by atoms with Crippen molar-refractivity contribution in [2.75, 3.05) is 12.4 Å². The standard InChI is InChI=1S/C15H14N4O2S/c1-8-12(9(2)17-15(16-8)21-3)19-13(20)14-18-10-6-4-5-7-11(10)22-14/h4-7H,1-3H3,(H,19,20). The zero-order valence-corrected chi connectivity index (χ0v) is 13.2. The second-order valence-electron chi connectivity index (χ2n) is 4.70. The molecular formula is C15H14N4O2S. The number of rotatable bonds is 3. The van der Waals surface area contributed by atoms with Crippen molar-refractivity contribution in [1.29, 1.82) is 0 Å². The van der Waals surface area contributed by atoms with Crippen molar-refractivity contribution in [3.05, 3.63) is 40.7 Å². The van der Waals surface area contributed by atoms with E-state index in [4.69, 9.17) is 4.74 Å². The van der Waals surface area contributed by atoms with Crippen LogP contribution in [0.4, 0.5) is 5.69 Å². The third-order valence-corrected chi connectivity index (χ3v) is 4.19. The van der Waals surface area contributed by atoms with Crippen LogP contribution in [0.5, 0.6) is 6.01 Å². The van der Waals surface area contributed by atoms with Gasteiger partial charge in [-0.3, -0.25) is 4.79 Å². The van der Waals surface area contributed by atoms with E-state index < -0.39 is 0 Å². The minimum atomic E-state index is -0.263. The fourth-order valence-electron chi connectivity index (χ4n) is 2.09. The SMILES string of the molecule is COc1nc(C)c(NC(=O)c2nc3ccccc3s2)c(C)n1. The Kier molecular flexibility index (Phi) is 3.72. The van der Waals surface area contributed by atoms with Gasteiger partial charge in [-0.1, -0.05) is 12.1 Å². The number of aromatic nitrogens is 3. The van der Waals surface area contributed by atoms with Crippen molar-refractivity contribution >= 4 is 33.1 Å². The second kappa shape index (κ2) is 5.69. The number of ether oxygens (including phenoxy) is 1. The molecule has 0 radical (unpaired) electrons. The average molecular weight is 314 g/mol. The van der Waals surface area contributed by atoms with Crippen molar-refractivity contribution < 1.29 is 9.53 Å². The molecule has 3 rings (SSSR count). The van der Waals surface area contributed by atoms with Gasteiger partial charge < -0.3 is 10.1 Å². The van der Waals surface area contributed by atoms with Gasteiger partial charge in [0, 0.05) is 0 Å². The molecule has 2 heterocycles. The number of carbonyl (C=O) groups is 1. The predicted octanol–water partition coefficient (Wildman–Crippen LogP) is 2.96. The Morgan fingerprint density at radius 2 is 1.82 bits per heavy atom. The summed E-state index contributed by atoms with van der Waals surface area (Å²) in [7, 11) is 1.51. The molecule has 22 heavy (non-hydrogen) atoms. The number of para-hydroxylation sites is 1. The van der Waals surface area contributed by atoms with E-state index >= 15 is 0 Å². The van der Waals surface area contributed by atoms with Crippen LogP contribution in [0.15, 0.2) is 24.3 Å². The van der Waals surface area contributed by atoms with Crippen molar-refractivity contribution in [3.63, 3.8) is 0 Å². The van der Waals surface area contributed by atoms with Crippen LogP contribution in [0.25, 0.3) is 10.2 Å². The Morgan fingerprint density at radius 3 is 2.45 bits per heavy atom. The first kappa shape index (κ1) is 14.4. The summed E-state index contributed by atoms with van der Waals surface area (Å²) in [6, 6.07) is 7.93. The van der Waals surface area contributed by atoms with Crippen LogP contribution in [-0.2, 0) is 0 Å². The Morgan fingerprint density at radius 1 is 1.14 bits per heavy atom. The number of nitrogens with zero attached hydrogens (tertiary/aromatic N) is 3. The minimum absolute atomic E-state index is 0.263. The third-order valence-electron chi connectivity index (χ3n) is 3.16. The lowest BCUT2D eigenvalue weighted by atomic mass is 10.3. The van der Waals surface area contributed by atoms with Crippen LogP contribution in [0, 0.1) is 13.8 Å². The highest BCUT2D eigenvalue weighted by Crippen LogP contribution is 2.24. The lowest BCUT2D eigenvalue weighted by Gasteiger charge is -2.10. The second-order valence-corrected chi connectivity index (χ2v) is 5.73. The maximum absolute atomic E-state index is 12.4. The van der Waals surface area contributed by atoms with Crippen LogP contribution in [0.2, 0.25) is 0 Å².